The third kappa shape index (κ3) is 6.83. The number of nitrogens with zero attached hydrogens (tertiary/aromatic N) is 3. The van der Waals surface area contributed by atoms with Crippen LogP contribution in [-0.4, -0.2) is 66.7 Å². The lowest BCUT2D eigenvalue weighted by atomic mass is 9.82. The smallest absolute Gasteiger partial charge is 0.410 e. The normalized spacial score (nSPS) is 14.7. The highest BCUT2D eigenvalue weighted by Crippen LogP contribution is 2.35. The van der Waals surface area contributed by atoms with E-state index in [1.165, 1.54) is 0 Å². The van der Waals surface area contributed by atoms with Crippen molar-refractivity contribution in [2.24, 2.45) is 0 Å². The number of rotatable bonds is 8. The van der Waals surface area contributed by atoms with Crippen molar-refractivity contribution in [1.29, 1.82) is 5.26 Å². The summed E-state index contributed by atoms with van der Waals surface area (Å²) in [5.74, 6) is -0.110. The van der Waals surface area contributed by atoms with Gasteiger partial charge in [0.2, 0.25) is 0 Å². The van der Waals surface area contributed by atoms with E-state index in [-0.39, 0.29) is 17.9 Å². The van der Waals surface area contributed by atoms with Gasteiger partial charge in [0.25, 0.3) is 5.91 Å². The van der Waals surface area contributed by atoms with Crippen LogP contribution in [0.1, 0.15) is 67.1 Å². The van der Waals surface area contributed by atoms with E-state index in [9.17, 15) is 14.9 Å². The fraction of sp³-hybridized carbons (Fsp3) is 0.464. The summed E-state index contributed by atoms with van der Waals surface area (Å²) in [6, 6.07) is 17.4. The Morgan fingerprint density at radius 3 is 2.34 bits per heavy atom. The maximum Gasteiger partial charge on any atom is 0.410 e. The number of piperazine rings is 1. The second kappa shape index (κ2) is 11.9. The lowest BCUT2D eigenvalue weighted by Gasteiger charge is -2.34. The van der Waals surface area contributed by atoms with Gasteiger partial charge in [-0.1, -0.05) is 24.3 Å². The van der Waals surface area contributed by atoms with Crippen LogP contribution in [0.15, 0.2) is 48.5 Å². The number of benzene rings is 2. The van der Waals surface area contributed by atoms with Gasteiger partial charge in [0.1, 0.15) is 5.60 Å². The van der Waals surface area contributed by atoms with E-state index in [2.05, 4.69) is 11.4 Å². The first-order valence-corrected chi connectivity index (χ1v) is 12.4. The van der Waals surface area contributed by atoms with Crippen molar-refractivity contribution in [1.82, 2.24) is 15.1 Å². The zero-order chi connectivity index (χ0) is 25.4. The van der Waals surface area contributed by atoms with Gasteiger partial charge in [-0.3, -0.25) is 4.79 Å². The first-order valence-electron chi connectivity index (χ1n) is 12.4. The molecular weight excluding hydrogens is 440 g/mol. The van der Waals surface area contributed by atoms with Crippen LogP contribution in [0.25, 0.3) is 0 Å². The van der Waals surface area contributed by atoms with Gasteiger partial charge in [-0.25, -0.2) is 4.79 Å². The van der Waals surface area contributed by atoms with Gasteiger partial charge >= 0.3 is 6.09 Å². The number of carbonyl (C=O) groups is 2. The number of nitrogens with one attached hydrogen (secondary N) is 1. The van der Waals surface area contributed by atoms with Crippen molar-refractivity contribution in [2.45, 2.75) is 45.6 Å². The van der Waals surface area contributed by atoms with E-state index in [4.69, 9.17) is 4.74 Å². The molecule has 7 heteroatoms. The number of carbonyl (C=O) groups excluding carboxylic acids is 2. The molecule has 1 saturated heterocycles. The second-order valence-electron chi connectivity index (χ2n) is 9.46. The van der Waals surface area contributed by atoms with Gasteiger partial charge in [0, 0.05) is 50.7 Å². The zero-order valence-electron chi connectivity index (χ0n) is 21.2. The highest BCUT2D eigenvalue weighted by atomic mass is 16.6. The predicted molar refractivity (Wildman–Crippen MR) is 136 cm³/mol. The van der Waals surface area contributed by atoms with Crippen LogP contribution in [0, 0.1) is 11.3 Å². The van der Waals surface area contributed by atoms with Crippen LogP contribution in [0.4, 0.5) is 4.79 Å². The van der Waals surface area contributed by atoms with E-state index >= 15 is 0 Å². The SMILES string of the molecule is CCN(CC)C(=O)c1ccc(C(CC(C)(C)OC(=O)N2CCNCC2)c2cccc(C#N)c2)cc1. The number of hydrogen-bond acceptors (Lipinski definition) is 5. The Morgan fingerprint density at radius 2 is 1.74 bits per heavy atom. The molecule has 0 aromatic heterocycles. The van der Waals surface area contributed by atoms with E-state index in [0.717, 1.165) is 24.2 Å². The molecule has 2 aromatic rings. The number of amides is 2. The molecule has 2 amide bonds. The molecule has 7 nitrogen and oxygen atoms in total. The molecule has 1 atom stereocenters. The minimum atomic E-state index is -0.745. The van der Waals surface area contributed by atoms with Crippen molar-refractivity contribution < 1.29 is 14.3 Å². The summed E-state index contributed by atoms with van der Waals surface area (Å²) in [4.78, 5) is 29.1. The number of ether oxygens (including phenoxy) is 1. The molecule has 186 valence electrons. The standard InChI is InChI=1S/C28H36N4O3/c1-5-31(6-2)26(33)23-12-10-22(11-13-23)25(24-9-7-8-21(18-24)20-29)19-28(3,4)35-27(34)32-16-14-30-15-17-32/h7-13,18,25,30H,5-6,14-17,19H2,1-4H3. The highest BCUT2D eigenvalue weighted by molar-refractivity contribution is 5.94. The summed E-state index contributed by atoms with van der Waals surface area (Å²) in [5.41, 5.74) is 2.45. The zero-order valence-corrected chi connectivity index (χ0v) is 21.2. The van der Waals surface area contributed by atoms with Crippen molar-refractivity contribution in [3.63, 3.8) is 0 Å². The molecule has 0 saturated carbocycles. The third-order valence-corrected chi connectivity index (χ3v) is 6.46. The first kappa shape index (κ1) is 26.2. The lowest BCUT2D eigenvalue weighted by molar-refractivity contribution is 0.00446. The molecule has 3 rings (SSSR count). The summed E-state index contributed by atoms with van der Waals surface area (Å²) < 4.78 is 5.96. The fourth-order valence-electron chi connectivity index (χ4n) is 4.49. The molecule has 0 radical (unpaired) electrons. The van der Waals surface area contributed by atoms with E-state index < -0.39 is 5.60 Å². The van der Waals surface area contributed by atoms with Crippen molar-refractivity contribution in [2.75, 3.05) is 39.3 Å². The van der Waals surface area contributed by atoms with Gasteiger partial charge in [0.05, 0.1) is 11.6 Å². The first-order chi connectivity index (χ1) is 16.8. The van der Waals surface area contributed by atoms with E-state index in [1.54, 1.807) is 15.9 Å². The number of nitriles is 1. The quantitative estimate of drug-likeness (QED) is 0.611. The maximum atomic E-state index is 12.8. The average molecular weight is 477 g/mol. The van der Waals surface area contributed by atoms with Gasteiger partial charge in [0.15, 0.2) is 0 Å². The minimum Gasteiger partial charge on any atom is -0.443 e. The van der Waals surface area contributed by atoms with Crippen molar-refractivity contribution in [3.8, 4) is 6.07 Å². The summed E-state index contributed by atoms with van der Waals surface area (Å²) in [6.45, 7) is 11.9. The molecular formula is C28H36N4O3. The van der Waals surface area contributed by atoms with Gasteiger partial charge < -0.3 is 19.9 Å². The molecule has 35 heavy (non-hydrogen) atoms. The summed E-state index contributed by atoms with van der Waals surface area (Å²) in [5, 5.41) is 12.7. The lowest BCUT2D eigenvalue weighted by Crippen LogP contribution is -2.48. The Kier molecular flexibility index (Phi) is 8.89. The molecule has 2 aromatic carbocycles. The summed E-state index contributed by atoms with van der Waals surface area (Å²) in [7, 11) is 0. The van der Waals surface area contributed by atoms with Crippen LogP contribution < -0.4 is 5.32 Å². The second-order valence-corrected chi connectivity index (χ2v) is 9.46. The Balaban J connectivity index is 1.87. The Labute approximate surface area is 208 Å². The molecule has 1 aliphatic rings. The molecule has 1 aliphatic heterocycles. The topological polar surface area (TPSA) is 85.7 Å². The molecule has 1 fully saturated rings. The fourth-order valence-corrected chi connectivity index (χ4v) is 4.49. The Hall–Kier alpha value is -3.37. The van der Waals surface area contributed by atoms with Gasteiger partial charge in [-0.05, 0) is 69.5 Å². The third-order valence-electron chi connectivity index (χ3n) is 6.46. The predicted octanol–water partition coefficient (Wildman–Crippen LogP) is 4.38. The molecule has 0 spiro atoms. The van der Waals surface area contributed by atoms with Crippen molar-refractivity contribution in [3.05, 3.63) is 70.8 Å². The minimum absolute atomic E-state index is 0.00913. The Bertz CT molecular complexity index is 1050. The van der Waals surface area contributed by atoms with Crippen LogP contribution in [0.3, 0.4) is 0 Å². The van der Waals surface area contributed by atoms with Crippen molar-refractivity contribution >= 4 is 12.0 Å². The van der Waals surface area contributed by atoms with Crippen LogP contribution in [-0.2, 0) is 4.74 Å². The van der Waals surface area contributed by atoms with E-state index in [1.807, 2.05) is 70.2 Å². The number of hydrogen-bond donors (Lipinski definition) is 1. The van der Waals surface area contributed by atoms with Crippen LogP contribution in [0.2, 0.25) is 0 Å². The van der Waals surface area contributed by atoms with Crippen LogP contribution in [0.5, 0.6) is 0 Å². The maximum absolute atomic E-state index is 12.8. The highest BCUT2D eigenvalue weighted by Gasteiger charge is 2.31. The largest absolute Gasteiger partial charge is 0.443 e. The molecule has 1 heterocycles. The summed E-state index contributed by atoms with van der Waals surface area (Å²) >= 11 is 0. The van der Waals surface area contributed by atoms with Gasteiger partial charge in [-0.15, -0.1) is 0 Å². The van der Waals surface area contributed by atoms with Crippen LogP contribution >= 0.6 is 0 Å². The molecule has 1 unspecified atom stereocenters. The summed E-state index contributed by atoms with van der Waals surface area (Å²) in [6.07, 6.45) is 0.226. The average Bonchev–Trinajstić information content (AvgIpc) is 2.88. The van der Waals surface area contributed by atoms with E-state index in [0.29, 0.717) is 43.7 Å². The Morgan fingerprint density at radius 1 is 1.09 bits per heavy atom. The molecule has 0 aliphatic carbocycles. The monoisotopic (exact) mass is 476 g/mol. The molecule has 0 bridgehead atoms. The van der Waals surface area contributed by atoms with Gasteiger partial charge in [-0.2, -0.15) is 5.26 Å². The molecule has 1 N–H and O–H groups in total.